The average Bonchev–Trinajstić information content (AvgIpc) is 2.93. The van der Waals surface area contributed by atoms with E-state index in [4.69, 9.17) is 0 Å². The third-order valence-corrected chi connectivity index (χ3v) is 6.16. The van der Waals surface area contributed by atoms with Gasteiger partial charge in [-0.15, -0.1) is 0 Å². The van der Waals surface area contributed by atoms with Gasteiger partial charge >= 0.3 is 0 Å². The monoisotopic (exact) mass is 313 g/mol. The molecule has 1 saturated heterocycles. The van der Waals surface area contributed by atoms with E-state index in [1.165, 1.54) is 5.56 Å². The van der Waals surface area contributed by atoms with Gasteiger partial charge in [0.1, 0.15) is 0 Å². The molecule has 2 heterocycles. The van der Waals surface area contributed by atoms with Crippen LogP contribution in [-0.2, 0) is 23.1 Å². The summed E-state index contributed by atoms with van der Waals surface area (Å²) in [5.41, 5.74) is 1.29. The molecule has 1 aliphatic rings. The topological polar surface area (TPSA) is 54.3 Å². The molecule has 0 atom stereocenters. The smallest absolute Gasteiger partial charge is 0.214 e. The third kappa shape index (κ3) is 4.56. The standard InChI is InChI=1S/C15H27N3O2S/c1-3-11-21(19,20)18-9-6-15(7-10-18)16-12-14-5-8-17(4-2)13-14/h5,8,13,15-16H,3-4,6-7,9-12H2,1-2H3. The first-order valence-corrected chi connectivity index (χ1v) is 9.52. The van der Waals surface area contributed by atoms with Crippen LogP contribution >= 0.6 is 0 Å². The molecular weight excluding hydrogens is 286 g/mol. The van der Waals surface area contributed by atoms with Crippen LogP contribution in [-0.4, -0.2) is 42.2 Å². The van der Waals surface area contributed by atoms with Gasteiger partial charge in [-0.3, -0.25) is 0 Å². The van der Waals surface area contributed by atoms with Crippen LogP contribution in [0.2, 0.25) is 0 Å². The first kappa shape index (κ1) is 16.5. The molecule has 21 heavy (non-hydrogen) atoms. The summed E-state index contributed by atoms with van der Waals surface area (Å²) in [6.45, 7) is 7.19. The molecule has 0 radical (unpaired) electrons. The van der Waals surface area contributed by atoms with Crippen molar-refractivity contribution in [2.24, 2.45) is 0 Å². The molecule has 1 aromatic rings. The van der Waals surface area contributed by atoms with E-state index in [-0.39, 0.29) is 5.75 Å². The lowest BCUT2D eigenvalue weighted by atomic mass is 10.1. The van der Waals surface area contributed by atoms with E-state index >= 15 is 0 Å². The van der Waals surface area contributed by atoms with Crippen molar-refractivity contribution in [3.05, 3.63) is 24.0 Å². The maximum Gasteiger partial charge on any atom is 0.214 e. The van der Waals surface area contributed by atoms with E-state index in [2.05, 4.69) is 35.3 Å². The molecule has 0 aromatic carbocycles. The van der Waals surface area contributed by atoms with Crippen LogP contribution in [0.15, 0.2) is 18.5 Å². The van der Waals surface area contributed by atoms with Gasteiger partial charge in [-0.2, -0.15) is 0 Å². The molecule has 5 nitrogen and oxygen atoms in total. The van der Waals surface area contributed by atoms with Crippen molar-refractivity contribution in [3.63, 3.8) is 0 Å². The quantitative estimate of drug-likeness (QED) is 0.835. The Bertz CT molecular complexity index is 531. The first-order valence-electron chi connectivity index (χ1n) is 7.91. The van der Waals surface area contributed by atoms with Gasteiger partial charge in [0.2, 0.25) is 10.0 Å². The molecule has 6 heteroatoms. The fourth-order valence-corrected chi connectivity index (χ4v) is 4.32. The second-order valence-electron chi connectivity index (χ2n) is 5.72. The van der Waals surface area contributed by atoms with Crippen LogP contribution < -0.4 is 5.32 Å². The van der Waals surface area contributed by atoms with Crippen molar-refractivity contribution >= 4 is 10.0 Å². The second-order valence-corrected chi connectivity index (χ2v) is 7.81. The van der Waals surface area contributed by atoms with Crippen LogP contribution in [0.25, 0.3) is 0 Å². The van der Waals surface area contributed by atoms with Crippen molar-refractivity contribution in [2.45, 2.75) is 52.2 Å². The predicted octanol–water partition coefficient (Wildman–Crippen LogP) is 1.80. The van der Waals surface area contributed by atoms with Gasteiger partial charge in [-0.25, -0.2) is 12.7 Å². The Balaban J connectivity index is 1.76. The zero-order valence-corrected chi connectivity index (χ0v) is 13.9. The van der Waals surface area contributed by atoms with Crippen LogP contribution in [0.5, 0.6) is 0 Å². The van der Waals surface area contributed by atoms with Gasteiger partial charge in [0.05, 0.1) is 5.75 Å². The summed E-state index contributed by atoms with van der Waals surface area (Å²) in [4.78, 5) is 0. The Hall–Kier alpha value is -0.850. The third-order valence-electron chi connectivity index (χ3n) is 4.08. The van der Waals surface area contributed by atoms with Crippen LogP contribution in [0.4, 0.5) is 0 Å². The lowest BCUT2D eigenvalue weighted by Gasteiger charge is -2.31. The van der Waals surface area contributed by atoms with E-state index in [9.17, 15) is 8.42 Å². The van der Waals surface area contributed by atoms with Crippen molar-refractivity contribution in [2.75, 3.05) is 18.8 Å². The van der Waals surface area contributed by atoms with Crippen molar-refractivity contribution in [3.8, 4) is 0 Å². The van der Waals surface area contributed by atoms with Crippen LogP contribution in [0, 0.1) is 0 Å². The Labute approximate surface area is 128 Å². The molecule has 0 aliphatic carbocycles. The number of nitrogens with zero attached hydrogens (tertiary/aromatic N) is 2. The molecule has 1 aliphatic heterocycles. The number of rotatable bonds is 7. The molecule has 0 unspecified atom stereocenters. The maximum absolute atomic E-state index is 12.0. The normalized spacial score (nSPS) is 18.2. The zero-order chi connectivity index (χ0) is 15.3. The van der Waals surface area contributed by atoms with Gasteiger partial charge < -0.3 is 9.88 Å². The molecule has 0 bridgehead atoms. The zero-order valence-electron chi connectivity index (χ0n) is 13.1. The molecule has 2 rings (SSSR count). The largest absolute Gasteiger partial charge is 0.354 e. The minimum atomic E-state index is -3.02. The van der Waals surface area contributed by atoms with Crippen LogP contribution in [0.1, 0.15) is 38.7 Å². The van der Waals surface area contributed by atoms with E-state index in [1.54, 1.807) is 4.31 Å². The fourth-order valence-electron chi connectivity index (χ4n) is 2.78. The van der Waals surface area contributed by atoms with Crippen molar-refractivity contribution < 1.29 is 8.42 Å². The van der Waals surface area contributed by atoms with E-state index < -0.39 is 10.0 Å². The van der Waals surface area contributed by atoms with Gasteiger partial charge in [0, 0.05) is 44.6 Å². The summed E-state index contributed by atoms with van der Waals surface area (Å²) < 4.78 is 27.8. The van der Waals surface area contributed by atoms with Gasteiger partial charge in [-0.05, 0) is 37.8 Å². The van der Waals surface area contributed by atoms with Crippen LogP contribution in [0.3, 0.4) is 0 Å². The number of nitrogens with one attached hydrogen (secondary N) is 1. The van der Waals surface area contributed by atoms with Crippen molar-refractivity contribution in [1.29, 1.82) is 0 Å². The number of hydrogen-bond donors (Lipinski definition) is 1. The Morgan fingerprint density at radius 3 is 2.57 bits per heavy atom. The highest BCUT2D eigenvalue weighted by molar-refractivity contribution is 7.89. The summed E-state index contributed by atoms with van der Waals surface area (Å²) in [7, 11) is -3.02. The number of aromatic nitrogens is 1. The van der Waals surface area contributed by atoms with Crippen molar-refractivity contribution in [1.82, 2.24) is 14.2 Å². The summed E-state index contributed by atoms with van der Waals surface area (Å²) >= 11 is 0. The number of aryl methyl sites for hydroxylation is 1. The summed E-state index contributed by atoms with van der Waals surface area (Å²) in [6.07, 6.45) is 6.74. The van der Waals surface area contributed by atoms with Gasteiger partial charge in [-0.1, -0.05) is 6.92 Å². The Kier molecular flexibility index (Phi) is 5.84. The fraction of sp³-hybridized carbons (Fsp3) is 0.733. The number of hydrogen-bond acceptors (Lipinski definition) is 3. The predicted molar refractivity (Wildman–Crippen MR) is 85.6 cm³/mol. The number of piperidine rings is 1. The lowest BCUT2D eigenvalue weighted by molar-refractivity contribution is 0.288. The average molecular weight is 313 g/mol. The molecule has 0 amide bonds. The SMILES string of the molecule is CCCS(=O)(=O)N1CCC(NCc2ccn(CC)c2)CC1. The highest BCUT2D eigenvalue weighted by Crippen LogP contribution is 2.15. The Morgan fingerprint density at radius 1 is 1.29 bits per heavy atom. The molecule has 1 N–H and O–H groups in total. The minimum Gasteiger partial charge on any atom is -0.354 e. The summed E-state index contributed by atoms with van der Waals surface area (Å²) in [6, 6.07) is 2.56. The second kappa shape index (κ2) is 7.42. The van der Waals surface area contributed by atoms with Gasteiger partial charge in [0.25, 0.3) is 0 Å². The summed E-state index contributed by atoms with van der Waals surface area (Å²) in [5, 5.41) is 3.54. The van der Waals surface area contributed by atoms with E-state index in [1.807, 2.05) is 6.92 Å². The molecular formula is C15H27N3O2S. The minimum absolute atomic E-state index is 0.273. The highest BCUT2D eigenvalue weighted by atomic mass is 32.2. The van der Waals surface area contributed by atoms with Gasteiger partial charge in [0.15, 0.2) is 0 Å². The first-order chi connectivity index (χ1) is 10.0. The lowest BCUT2D eigenvalue weighted by Crippen LogP contribution is -2.45. The molecule has 0 saturated carbocycles. The number of sulfonamides is 1. The summed E-state index contributed by atoms with van der Waals surface area (Å²) in [5.74, 6) is 0.273. The molecule has 0 spiro atoms. The maximum atomic E-state index is 12.0. The van der Waals surface area contributed by atoms with E-state index in [0.717, 1.165) is 25.9 Å². The van der Waals surface area contributed by atoms with E-state index in [0.29, 0.717) is 25.6 Å². The Morgan fingerprint density at radius 2 is 2.00 bits per heavy atom. The molecule has 1 aromatic heterocycles. The molecule has 120 valence electrons. The molecule has 1 fully saturated rings. The highest BCUT2D eigenvalue weighted by Gasteiger charge is 2.26.